The standard InChI is InChI=1S/C13H15ClN2/c1-16-11-5-4-9(14)6-10(11)13(8-2-3-8)12(16)7-15/h4-6,8H,2-3,7,15H2,1H3. The monoisotopic (exact) mass is 234 g/mol. The molecule has 0 bridgehead atoms. The number of aromatic nitrogens is 1. The van der Waals surface area contributed by atoms with Crippen molar-refractivity contribution in [1.29, 1.82) is 0 Å². The molecule has 2 aromatic rings. The normalized spacial score (nSPS) is 15.9. The van der Waals surface area contributed by atoms with Gasteiger partial charge in [-0.05, 0) is 42.5 Å². The maximum Gasteiger partial charge on any atom is 0.0484 e. The van der Waals surface area contributed by atoms with Gasteiger partial charge in [0.05, 0.1) is 0 Å². The predicted octanol–water partition coefficient (Wildman–Crippen LogP) is 3.17. The first kappa shape index (κ1) is 10.2. The van der Waals surface area contributed by atoms with Crippen molar-refractivity contribution in [3.05, 3.63) is 34.5 Å². The maximum absolute atomic E-state index is 6.08. The molecule has 0 unspecified atom stereocenters. The molecule has 0 spiro atoms. The van der Waals surface area contributed by atoms with Gasteiger partial charge < -0.3 is 10.3 Å². The molecule has 2 N–H and O–H groups in total. The molecule has 16 heavy (non-hydrogen) atoms. The third-order valence-electron chi connectivity index (χ3n) is 3.50. The molecule has 1 heterocycles. The molecule has 1 aliphatic rings. The van der Waals surface area contributed by atoms with Crippen molar-refractivity contribution in [2.24, 2.45) is 12.8 Å². The van der Waals surface area contributed by atoms with E-state index in [9.17, 15) is 0 Å². The topological polar surface area (TPSA) is 30.9 Å². The quantitative estimate of drug-likeness (QED) is 0.850. The Kier molecular flexibility index (Phi) is 2.23. The summed E-state index contributed by atoms with van der Waals surface area (Å²) < 4.78 is 2.21. The Balaban J connectivity index is 2.37. The Morgan fingerprint density at radius 3 is 2.81 bits per heavy atom. The third kappa shape index (κ3) is 1.37. The lowest BCUT2D eigenvalue weighted by atomic mass is 10.1. The van der Waals surface area contributed by atoms with Crippen LogP contribution in [0, 0.1) is 0 Å². The summed E-state index contributed by atoms with van der Waals surface area (Å²) in [6.07, 6.45) is 2.58. The Labute approximate surface area is 100.0 Å². The fourth-order valence-corrected chi connectivity index (χ4v) is 2.74. The van der Waals surface area contributed by atoms with Crippen LogP contribution in [-0.2, 0) is 13.6 Å². The van der Waals surface area contributed by atoms with Crippen LogP contribution in [-0.4, -0.2) is 4.57 Å². The van der Waals surface area contributed by atoms with Gasteiger partial charge in [-0.3, -0.25) is 0 Å². The second kappa shape index (κ2) is 3.51. The third-order valence-corrected chi connectivity index (χ3v) is 3.74. The lowest BCUT2D eigenvalue weighted by Crippen LogP contribution is -2.05. The van der Waals surface area contributed by atoms with Gasteiger partial charge in [0, 0.05) is 35.2 Å². The first-order chi connectivity index (χ1) is 7.72. The van der Waals surface area contributed by atoms with Crippen LogP contribution in [0.5, 0.6) is 0 Å². The number of aryl methyl sites for hydroxylation is 1. The van der Waals surface area contributed by atoms with Crippen LogP contribution in [0.3, 0.4) is 0 Å². The molecule has 0 saturated heterocycles. The molecule has 1 aromatic carbocycles. The van der Waals surface area contributed by atoms with Crippen LogP contribution in [0.1, 0.15) is 30.0 Å². The summed E-state index contributed by atoms with van der Waals surface area (Å²) in [4.78, 5) is 0. The van der Waals surface area contributed by atoms with Gasteiger partial charge in [0.25, 0.3) is 0 Å². The SMILES string of the molecule is Cn1c(CN)c(C2CC2)c2cc(Cl)ccc21. The zero-order chi connectivity index (χ0) is 11.3. The van der Waals surface area contributed by atoms with E-state index in [-0.39, 0.29) is 0 Å². The lowest BCUT2D eigenvalue weighted by Gasteiger charge is -2.03. The van der Waals surface area contributed by atoms with Crippen LogP contribution >= 0.6 is 11.6 Å². The first-order valence-corrected chi connectivity index (χ1v) is 6.07. The van der Waals surface area contributed by atoms with Crippen LogP contribution in [0.25, 0.3) is 10.9 Å². The van der Waals surface area contributed by atoms with Crippen molar-refractivity contribution in [1.82, 2.24) is 4.57 Å². The van der Waals surface area contributed by atoms with Crippen molar-refractivity contribution >= 4 is 22.5 Å². The van der Waals surface area contributed by atoms with E-state index in [0.29, 0.717) is 12.5 Å². The van der Waals surface area contributed by atoms with Gasteiger partial charge in [0.15, 0.2) is 0 Å². The van der Waals surface area contributed by atoms with E-state index in [1.165, 1.54) is 35.0 Å². The average molecular weight is 235 g/mol. The highest BCUT2D eigenvalue weighted by molar-refractivity contribution is 6.31. The Bertz CT molecular complexity index is 553. The molecular formula is C13H15ClN2. The first-order valence-electron chi connectivity index (χ1n) is 5.69. The van der Waals surface area contributed by atoms with Gasteiger partial charge >= 0.3 is 0 Å². The van der Waals surface area contributed by atoms with E-state index in [0.717, 1.165) is 5.02 Å². The van der Waals surface area contributed by atoms with Crippen molar-refractivity contribution in [3.63, 3.8) is 0 Å². The van der Waals surface area contributed by atoms with Crippen molar-refractivity contribution in [2.45, 2.75) is 25.3 Å². The molecule has 0 radical (unpaired) electrons. The van der Waals surface area contributed by atoms with Gasteiger partial charge in [0.1, 0.15) is 0 Å². The highest BCUT2D eigenvalue weighted by Crippen LogP contribution is 2.46. The minimum absolute atomic E-state index is 0.606. The van der Waals surface area contributed by atoms with Crippen LogP contribution in [0.4, 0.5) is 0 Å². The van der Waals surface area contributed by atoms with Crippen LogP contribution < -0.4 is 5.73 Å². The molecular weight excluding hydrogens is 220 g/mol. The van der Waals surface area contributed by atoms with Crippen LogP contribution in [0.15, 0.2) is 18.2 Å². The number of halogens is 1. The Morgan fingerprint density at radius 2 is 2.19 bits per heavy atom. The molecule has 1 aliphatic carbocycles. The van der Waals surface area contributed by atoms with E-state index in [1.54, 1.807) is 0 Å². The fraction of sp³-hybridized carbons (Fsp3) is 0.385. The minimum Gasteiger partial charge on any atom is -0.346 e. The summed E-state index contributed by atoms with van der Waals surface area (Å²) in [6, 6.07) is 6.10. The maximum atomic E-state index is 6.08. The number of rotatable bonds is 2. The molecule has 1 fully saturated rings. The van der Waals surface area contributed by atoms with E-state index in [4.69, 9.17) is 17.3 Å². The molecule has 0 aliphatic heterocycles. The zero-order valence-electron chi connectivity index (χ0n) is 9.33. The van der Waals surface area contributed by atoms with E-state index in [1.807, 2.05) is 6.07 Å². The summed E-state index contributed by atoms with van der Waals surface area (Å²) in [7, 11) is 2.09. The van der Waals surface area contributed by atoms with Gasteiger partial charge in [-0.2, -0.15) is 0 Å². The molecule has 1 aromatic heterocycles. The predicted molar refractivity (Wildman–Crippen MR) is 67.8 cm³/mol. The smallest absolute Gasteiger partial charge is 0.0484 e. The number of fused-ring (bicyclic) bond motifs is 1. The molecule has 3 rings (SSSR count). The van der Waals surface area contributed by atoms with Gasteiger partial charge in [-0.1, -0.05) is 11.6 Å². The van der Waals surface area contributed by atoms with E-state index in [2.05, 4.69) is 23.7 Å². The Hall–Kier alpha value is -0.990. The Morgan fingerprint density at radius 1 is 1.44 bits per heavy atom. The summed E-state index contributed by atoms with van der Waals surface area (Å²) in [5.41, 5.74) is 9.80. The van der Waals surface area contributed by atoms with Gasteiger partial charge in [-0.15, -0.1) is 0 Å². The largest absolute Gasteiger partial charge is 0.346 e. The summed E-state index contributed by atoms with van der Waals surface area (Å²) in [5, 5.41) is 2.10. The van der Waals surface area contributed by atoms with Gasteiger partial charge in [-0.25, -0.2) is 0 Å². The van der Waals surface area contributed by atoms with Crippen molar-refractivity contribution in [2.75, 3.05) is 0 Å². The molecule has 0 atom stereocenters. The minimum atomic E-state index is 0.606. The summed E-state index contributed by atoms with van der Waals surface area (Å²) in [6.45, 7) is 0.606. The average Bonchev–Trinajstić information content (AvgIpc) is 3.05. The zero-order valence-corrected chi connectivity index (χ0v) is 10.1. The number of hydrogen-bond donors (Lipinski definition) is 1. The van der Waals surface area contributed by atoms with E-state index < -0.39 is 0 Å². The van der Waals surface area contributed by atoms with E-state index >= 15 is 0 Å². The number of nitrogens with two attached hydrogens (primary N) is 1. The summed E-state index contributed by atoms with van der Waals surface area (Å²) in [5.74, 6) is 0.709. The molecule has 84 valence electrons. The molecule has 2 nitrogen and oxygen atoms in total. The van der Waals surface area contributed by atoms with Gasteiger partial charge in [0.2, 0.25) is 0 Å². The highest BCUT2D eigenvalue weighted by atomic mass is 35.5. The number of nitrogens with zero attached hydrogens (tertiary/aromatic N) is 1. The number of hydrogen-bond acceptors (Lipinski definition) is 1. The van der Waals surface area contributed by atoms with Crippen LogP contribution in [0.2, 0.25) is 5.02 Å². The molecule has 0 amide bonds. The molecule has 1 saturated carbocycles. The number of benzene rings is 1. The van der Waals surface area contributed by atoms with Crippen molar-refractivity contribution in [3.8, 4) is 0 Å². The lowest BCUT2D eigenvalue weighted by molar-refractivity contribution is 0.829. The second-order valence-electron chi connectivity index (χ2n) is 4.56. The summed E-state index contributed by atoms with van der Waals surface area (Å²) >= 11 is 6.08. The van der Waals surface area contributed by atoms with Crippen molar-refractivity contribution < 1.29 is 0 Å². The molecule has 3 heteroatoms. The fourth-order valence-electron chi connectivity index (χ4n) is 2.57. The highest BCUT2D eigenvalue weighted by Gasteiger charge is 2.30. The second-order valence-corrected chi connectivity index (χ2v) is 5.00.